The Kier molecular flexibility index (Phi) is 5.29. The van der Waals surface area contributed by atoms with Gasteiger partial charge in [-0.1, -0.05) is 32.1 Å². The number of hydrogen-bond donors (Lipinski definition) is 2. The number of hydrogen-bond acceptors (Lipinski definition) is 5. The molecule has 0 saturated heterocycles. The van der Waals surface area contributed by atoms with Crippen molar-refractivity contribution in [1.82, 2.24) is 0 Å². The number of nitrogens with two attached hydrogens (primary N) is 1. The number of nitrogen functional groups attached to an aromatic ring is 1. The van der Waals surface area contributed by atoms with Crippen LogP contribution in [0.4, 0.5) is 10.7 Å². The van der Waals surface area contributed by atoms with E-state index in [-0.39, 0.29) is 5.78 Å². The molecule has 112 valence electrons. The van der Waals surface area contributed by atoms with Crippen LogP contribution >= 0.6 is 11.3 Å². The molecule has 1 aliphatic carbocycles. The zero-order valence-electron chi connectivity index (χ0n) is 12.3. The fourth-order valence-electron chi connectivity index (χ4n) is 2.77. The molecule has 1 aromatic rings. The maximum Gasteiger partial charge on any atom is 0.176 e. The van der Waals surface area contributed by atoms with Gasteiger partial charge in [-0.05, 0) is 12.8 Å². The minimum Gasteiger partial charge on any atom is -0.492 e. The fourth-order valence-corrected chi connectivity index (χ4v) is 3.84. The van der Waals surface area contributed by atoms with Crippen molar-refractivity contribution in [1.29, 1.82) is 0 Å². The van der Waals surface area contributed by atoms with Crippen molar-refractivity contribution >= 4 is 27.8 Å². The highest BCUT2D eigenvalue weighted by atomic mass is 32.1. The van der Waals surface area contributed by atoms with Crippen LogP contribution in [0.1, 0.15) is 61.5 Å². The Morgan fingerprint density at radius 1 is 1.25 bits per heavy atom. The van der Waals surface area contributed by atoms with E-state index in [2.05, 4.69) is 5.32 Å². The summed E-state index contributed by atoms with van der Waals surface area (Å²) in [5.41, 5.74) is 6.47. The molecular weight excluding hydrogens is 272 g/mol. The predicted molar refractivity (Wildman–Crippen MR) is 85.0 cm³/mol. The van der Waals surface area contributed by atoms with Crippen LogP contribution in [0.5, 0.6) is 5.75 Å². The number of thiophene rings is 1. The van der Waals surface area contributed by atoms with E-state index in [4.69, 9.17) is 10.5 Å². The molecular formula is C15H24N2O2S. The van der Waals surface area contributed by atoms with E-state index in [1.54, 1.807) is 14.0 Å². The van der Waals surface area contributed by atoms with E-state index < -0.39 is 0 Å². The summed E-state index contributed by atoms with van der Waals surface area (Å²) in [4.78, 5) is 12.2. The second-order valence-corrected chi connectivity index (χ2v) is 6.47. The molecule has 0 amide bonds. The lowest BCUT2D eigenvalue weighted by Gasteiger charge is -2.21. The summed E-state index contributed by atoms with van der Waals surface area (Å²) in [6, 6.07) is 0.460. The number of methoxy groups -OCH3 is 1. The van der Waals surface area contributed by atoms with Gasteiger partial charge in [-0.15, -0.1) is 11.3 Å². The SMILES string of the molecule is COc1c(NC2CCCCCCC2)sc(C(C)=O)c1N. The van der Waals surface area contributed by atoms with E-state index in [9.17, 15) is 4.79 Å². The highest BCUT2D eigenvalue weighted by Crippen LogP contribution is 2.43. The molecule has 20 heavy (non-hydrogen) atoms. The van der Waals surface area contributed by atoms with Gasteiger partial charge < -0.3 is 15.8 Å². The van der Waals surface area contributed by atoms with Crippen molar-refractivity contribution in [3.63, 3.8) is 0 Å². The zero-order chi connectivity index (χ0) is 14.5. The first-order chi connectivity index (χ1) is 9.63. The van der Waals surface area contributed by atoms with E-state index in [0.717, 1.165) is 5.00 Å². The smallest absolute Gasteiger partial charge is 0.176 e. The van der Waals surface area contributed by atoms with Crippen molar-refractivity contribution in [2.45, 2.75) is 57.9 Å². The molecule has 0 unspecified atom stereocenters. The minimum atomic E-state index is -0.00323. The van der Waals surface area contributed by atoms with Gasteiger partial charge in [0.25, 0.3) is 0 Å². The molecule has 0 atom stereocenters. The molecule has 0 bridgehead atoms. The van der Waals surface area contributed by atoms with Crippen LogP contribution in [-0.2, 0) is 0 Å². The standard InChI is InChI=1S/C15H24N2O2S/c1-10(18)14-12(16)13(19-2)15(20-14)17-11-8-6-4-3-5-7-9-11/h11,17H,3-9,16H2,1-2H3. The van der Waals surface area contributed by atoms with E-state index in [0.29, 0.717) is 22.4 Å². The number of nitrogens with one attached hydrogen (secondary N) is 1. The maximum atomic E-state index is 11.6. The number of Topliss-reactive ketones (excluding diaryl/α,β-unsaturated/α-hetero) is 1. The van der Waals surface area contributed by atoms with Gasteiger partial charge >= 0.3 is 0 Å². The second kappa shape index (κ2) is 6.97. The Bertz CT molecular complexity index is 463. The Labute approximate surface area is 124 Å². The largest absolute Gasteiger partial charge is 0.492 e. The van der Waals surface area contributed by atoms with Gasteiger partial charge in [-0.3, -0.25) is 4.79 Å². The first-order valence-corrected chi connectivity index (χ1v) is 8.19. The lowest BCUT2D eigenvalue weighted by molar-refractivity contribution is 0.102. The Morgan fingerprint density at radius 3 is 2.40 bits per heavy atom. The first kappa shape index (κ1) is 15.2. The molecule has 0 aromatic carbocycles. The number of carbonyl (C=O) groups excluding carboxylic acids is 1. The average molecular weight is 296 g/mol. The molecule has 1 fully saturated rings. The highest BCUT2D eigenvalue weighted by Gasteiger charge is 2.21. The van der Waals surface area contributed by atoms with Crippen LogP contribution in [0.2, 0.25) is 0 Å². The first-order valence-electron chi connectivity index (χ1n) is 7.37. The normalized spacial score (nSPS) is 17.3. The van der Waals surface area contributed by atoms with E-state index >= 15 is 0 Å². The summed E-state index contributed by atoms with van der Waals surface area (Å²) in [6.07, 6.45) is 8.88. The summed E-state index contributed by atoms with van der Waals surface area (Å²) in [5, 5.41) is 4.45. The van der Waals surface area contributed by atoms with Gasteiger partial charge in [-0.2, -0.15) is 0 Å². The Morgan fingerprint density at radius 2 is 1.85 bits per heavy atom. The molecule has 0 aliphatic heterocycles. The maximum absolute atomic E-state index is 11.6. The molecule has 0 spiro atoms. The van der Waals surface area contributed by atoms with Crippen LogP contribution in [0.25, 0.3) is 0 Å². The van der Waals surface area contributed by atoms with Crippen LogP contribution < -0.4 is 15.8 Å². The van der Waals surface area contributed by atoms with E-state index in [1.165, 1.54) is 56.3 Å². The third kappa shape index (κ3) is 3.45. The molecule has 2 rings (SSSR count). The summed E-state index contributed by atoms with van der Waals surface area (Å²) in [6.45, 7) is 1.54. The predicted octanol–water partition coefficient (Wildman–Crippen LogP) is 4.07. The lowest BCUT2D eigenvalue weighted by atomic mass is 9.97. The monoisotopic (exact) mass is 296 g/mol. The zero-order valence-corrected chi connectivity index (χ0v) is 13.1. The molecule has 5 heteroatoms. The van der Waals surface area contributed by atoms with Gasteiger partial charge in [-0.25, -0.2) is 0 Å². The summed E-state index contributed by atoms with van der Waals surface area (Å²) >= 11 is 1.41. The summed E-state index contributed by atoms with van der Waals surface area (Å²) in [7, 11) is 1.60. The summed E-state index contributed by atoms with van der Waals surface area (Å²) in [5.74, 6) is 0.624. The van der Waals surface area contributed by atoms with Crippen molar-refractivity contribution in [2.75, 3.05) is 18.2 Å². The summed E-state index contributed by atoms with van der Waals surface area (Å²) < 4.78 is 5.38. The van der Waals surface area contributed by atoms with Crippen molar-refractivity contribution in [3.8, 4) is 5.75 Å². The number of carbonyl (C=O) groups is 1. The third-order valence-electron chi connectivity index (χ3n) is 3.86. The molecule has 1 aromatic heterocycles. The Hall–Kier alpha value is -1.23. The van der Waals surface area contributed by atoms with Crippen LogP contribution in [0.3, 0.4) is 0 Å². The van der Waals surface area contributed by atoms with Crippen LogP contribution in [0, 0.1) is 0 Å². The van der Waals surface area contributed by atoms with Gasteiger partial charge in [0.2, 0.25) is 0 Å². The van der Waals surface area contributed by atoms with Gasteiger partial charge in [0.1, 0.15) is 5.00 Å². The van der Waals surface area contributed by atoms with Crippen LogP contribution in [0.15, 0.2) is 0 Å². The molecule has 4 nitrogen and oxygen atoms in total. The van der Waals surface area contributed by atoms with Crippen molar-refractivity contribution in [3.05, 3.63) is 4.88 Å². The quantitative estimate of drug-likeness (QED) is 0.822. The number of ketones is 1. The van der Waals surface area contributed by atoms with Gasteiger partial charge in [0, 0.05) is 13.0 Å². The molecule has 1 aliphatic rings. The number of rotatable bonds is 4. The number of ether oxygens (including phenoxy) is 1. The Balaban J connectivity index is 2.14. The topological polar surface area (TPSA) is 64.3 Å². The van der Waals surface area contributed by atoms with Gasteiger partial charge in [0.05, 0.1) is 17.7 Å². The van der Waals surface area contributed by atoms with E-state index in [1.807, 2.05) is 0 Å². The fraction of sp³-hybridized carbons (Fsp3) is 0.667. The minimum absolute atomic E-state index is 0.00323. The molecule has 1 heterocycles. The number of anilines is 2. The average Bonchev–Trinajstić information content (AvgIpc) is 2.69. The molecule has 0 radical (unpaired) electrons. The second-order valence-electron chi connectivity index (χ2n) is 5.45. The van der Waals surface area contributed by atoms with Crippen molar-refractivity contribution in [2.24, 2.45) is 0 Å². The lowest BCUT2D eigenvalue weighted by Crippen LogP contribution is -2.20. The van der Waals surface area contributed by atoms with Gasteiger partial charge in [0.15, 0.2) is 11.5 Å². The third-order valence-corrected chi connectivity index (χ3v) is 5.08. The molecule has 3 N–H and O–H groups in total. The van der Waals surface area contributed by atoms with Crippen molar-refractivity contribution < 1.29 is 9.53 Å². The van der Waals surface area contributed by atoms with Crippen LogP contribution in [-0.4, -0.2) is 18.9 Å². The highest BCUT2D eigenvalue weighted by molar-refractivity contribution is 7.19. The molecule has 1 saturated carbocycles.